The number of fused-ring (bicyclic) bond motifs is 1. The lowest BCUT2D eigenvalue weighted by molar-refractivity contribution is -0.274. The van der Waals surface area contributed by atoms with Crippen molar-refractivity contribution in [2.24, 2.45) is 0 Å². The van der Waals surface area contributed by atoms with Crippen LogP contribution in [0.5, 0.6) is 5.75 Å². The van der Waals surface area contributed by atoms with Gasteiger partial charge in [-0.1, -0.05) is 48.5 Å². The molecule has 5 nitrogen and oxygen atoms in total. The van der Waals surface area contributed by atoms with Crippen LogP contribution >= 0.6 is 0 Å². The normalized spacial score (nSPS) is 17.2. The van der Waals surface area contributed by atoms with Crippen LogP contribution < -0.4 is 9.64 Å². The highest BCUT2D eigenvalue weighted by Gasteiger charge is 2.47. The number of halogens is 6. The van der Waals surface area contributed by atoms with Gasteiger partial charge >= 0.3 is 18.5 Å². The minimum atomic E-state index is -4.92. The number of ether oxygens (including phenoxy) is 1. The first-order valence-electron chi connectivity index (χ1n) is 14.0. The molecule has 1 aliphatic rings. The second-order valence-corrected chi connectivity index (χ2v) is 11.3. The summed E-state index contributed by atoms with van der Waals surface area (Å²) in [4.78, 5) is 13.0. The largest absolute Gasteiger partial charge is 0.573 e. The van der Waals surface area contributed by atoms with Crippen LogP contribution in [-0.4, -0.2) is 47.9 Å². The molecule has 45 heavy (non-hydrogen) atoms. The first-order valence-corrected chi connectivity index (χ1v) is 14.0. The van der Waals surface area contributed by atoms with Gasteiger partial charge in [-0.25, -0.2) is 4.79 Å². The number of para-hydroxylation sites is 1. The van der Waals surface area contributed by atoms with Crippen molar-refractivity contribution < 1.29 is 46.1 Å². The average Bonchev–Trinajstić information content (AvgIpc) is 3.26. The van der Waals surface area contributed by atoms with Crippen molar-refractivity contribution >= 4 is 11.7 Å². The van der Waals surface area contributed by atoms with Crippen molar-refractivity contribution in [2.75, 3.05) is 18.0 Å². The Kier molecular flexibility index (Phi) is 8.35. The molecule has 1 aliphatic heterocycles. The third-order valence-corrected chi connectivity index (χ3v) is 8.18. The summed E-state index contributed by atoms with van der Waals surface area (Å²) in [6, 6.07) is 22.7. The number of β-amino-alcohol motifs (C(OH)–C–C–N with tert-alkyl or cyclic N) is 1. The highest BCUT2D eigenvalue weighted by molar-refractivity contribution is 5.89. The van der Waals surface area contributed by atoms with Crippen LogP contribution in [0, 0.1) is 13.8 Å². The van der Waals surface area contributed by atoms with E-state index < -0.39 is 42.3 Å². The van der Waals surface area contributed by atoms with E-state index in [0.29, 0.717) is 27.9 Å². The van der Waals surface area contributed by atoms with Crippen LogP contribution in [0.1, 0.15) is 38.2 Å². The van der Waals surface area contributed by atoms with Crippen LogP contribution in [0.15, 0.2) is 84.9 Å². The number of aryl methyl sites for hydroxylation is 2. The molecule has 0 bridgehead atoms. The molecule has 0 saturated heterocycles. The zero-order chi connectivity index (χ0) is 32.7. The Morgan fingerprint density at radius 1 is 0.889 bits per heavy atom. The molecular formula is C34H29F6NO4. The second kappa shape index (κ2) is 11.8. The summed E-state index contributed by atoms with van der Waals surface area (Å²) in [6.07, 6.45) is -12.3. The van der Waals surface area contributed by atoms with Crippen LogP contribution in [0.2, 0.25) is 0 Å². The van der Waals surface area contributed by atoms with E-state index in [9.17, 15) is 41.4 Å². The second-order valence-electron chi connectivity index (χ2n) is 11.3. The van der Waals surface area contributed by atoms with E-state index in [1.165, 1.54) is 29.2 Å². The first kappa shape index (κ1) is 31.9. The number of nitrogens with zero attached hydrogens (tertiary/aromatic N) is 1. The van der Waals surface area contributed by atoms with E-state index in [1.54, 1.807) is 49.4 Å². The Labute approximate surface area is 255 Å². The number of aliphatic hydroxyl groups is 1. The lowest BCUT2D eigenvalue weighted by Gasteiger charge is -2.33. The standard InChI is InChI=1S/C34H29F6NO4/c1-20-10-12-24(16-27(20)26-13-11-23(31(43)44)14-21(26)2)32(17-22-6-5-7-25(15-22)45-34(38,39)40)19-41(18-30(42)33(35,36)37)29-9-4-3-8-28(29)32/h3-16,30,42H,17-19H2,1-2H3,(H,43,44). The predicted molar refractivity (Wildman–Crippen MR) is 157 cm³/mol. The number of hydrogen-bond donors (Lipinski definition) is 2. The van der Waals surface area contributed by atoms with Gasteiger partial charge in [0, 0.05) is 17.6 Å². The van der Waals surface area contributed by atoms with E-state index in [2.05, 4.69) is 4.74 Å². The van der Waals surface area contributed by atoms with Crippen molar-refractivity contribution in [1.29, 1.82) is 0 Å². The van der Waals surface area contributed by atoms with Crippen LogP contribution in [0.25, 0.3) is 11.1 Å². The van der Waals surface area contributed by atoms with Crippen LogP contribution in [0.4, 0.5) is 32.0 Å². The number of aromatic carboxylic acids is 1. The Hall–Kier alpha value is -4.51. The highest BCUT2D eigenvalue weighted by atomic mass is 19.4. The van der Waals surface area contributed by atoms with Gasteiger partial charge in [0.2, 0.25) is 0 Å². The van der Waals surface area contributed by atoms with Gasteiger partial charge in [0.25, 0.3) is 0 Å². The molecule has 4 aromatic rings. The third-order valence-electron chi connectivity index (χ3n) is 8.18. The SMILES string of the molecule is Cc1cc(C(=O)O)ccc1-c1cc(C2(Cc3cccc(OC(F)(F)F)c3)CN(CC(O)C(F)(F)F)c3ccccc32)ccc1C. The first-order chi connectivity index (χ1) is 21.1. The Bertz CT molecular complexity index is 1730. The molecule has 0 fully saturated rings. The summed E-state index contributed by atoms with van der Waals surface area (Å²) in [5.74, 6) is -1.50. The zero-order valence-electron chi connectivity index (χ0n) is 24.2. The Morgan fingerprint density at radius 2 is 1.62 bits per heavy atom. The summed E-state index contributed by atoms with van der Waals surface area (Å²) in [7, 11) is 0. The molecule has 236 valence electrons. The minimum Gasteiger partial charge on any atom is -0.478 e. The van der Waals surface area contributed by atoms with Crippen molar-refractivity contribution in [3.63, 3.8) is 0 Å². The molecule has 4 aromatic carbocycles. The van der Waals surface area contributed by atoms with E-state index in [0.717, 1.165) is 16.7 Å². The molecule has 11 heteroatoms. The maximum atomic E-state index is 13.5. The van der Waals surface area contributed by atoms with Gasteiger partial charge in [-0.15, -0.1) is 13.2 Å². The van der Waals surface area contributed by atoms with Gasteiger partial charge in [0.05, 0.1) is 12.1 Å². The van der Waals surface area contributed by atoms with Gasteiger partial charge in [0.15, 0.2) is 6.10 Å². The van der Waals surface area contributed by atoms with Gasteiger partial charge in [-0.2, -0.15) is 13.2 Å². The molecule has 0 radical (unpaired) electrons. The number of carboxylic acid groups (broad SMARTS) is 1. The number of carbonyl (C=O) groups is 1. The molecule has 0 amide bonds. The smallest absolute Gasteiger partial charge is 0.478 e. The van der Waals surface area contributed by atoms with Crippen molar-refractivity contribution in [3.8, 4) is 16.9 Å². The zero-order valence-corrected chi connectivity index (χ0v) is 24.2. The Morgan fingerprint density at radius 3 is 2.29 bits per heavy atom. The topological polar surface area (TPSA) is 70.0 Å². The summed E-state index contributed by atoms with van der Waals surface area (Å²) < 4.78 is 83.8. The molecule has 0 aromatic heterocycles. The van der Waals surface area contributed by atoms with E-state index in [4.69, 9.17) is 0 Å². The lowest BCUT2D eigenvalue weighted by atomic mass is 9.71. The maximum absolute atomic E-state index is 13.5. The molecule has 1 heterocycles. The van der Waals surface area contributed by atoms with Gasteiger partial charge < -0.3 is 19.8 Å². The van der Waals surface area contributed by atoms with Crippen molar-refractivity contribution in [1.82, 2.24) is 0 Å². The lowest BCUT2D eigenvalue weighted by Crippen LogP contribution is -2.44. The van der Waals surface area contributed by atoms with Crippen LogP contribution in [0.3, 0.4) is 0 Å². The number of carboxylic acids is 1. The van der Waals surface area contributed by atoms with Crippen molar-refractivity contribution in [2.45, 2.75) is 44.3 Å². The number of rotatable bonds is 8. The maximum Gasteiger partial charge on any atom is 0.573 e. The fraction of sp³-hybridized carbons (Fsp3) is 0.265. The van der Waals surface area contributed by atoms with Gasteiger partial charge in [0.1, 0.15) is 5.75 Å². The highest BCUT2D eigenvalue weighted by Crippen LogP contribution is 2.49. The number of benzene rings is 4. The Balaban J connectivity index is 1.68. The van der Waals surface area contributed by atoms with E-state index in [-0.39, 0.29) is 18.5 Å². The summed E-state index contributed by atoms with van der Waals surface area (Å²) in [6.45, 7) is 2.90. The number of anilines is 1. The van der Waals surface area contributed by atoms with Gasteiger partial charge in [-0.3, -0.25) is 0 Å². The predicted octanol–water partition coefficient (Wildman–Crippen LogP) is 7.84. The molecule has 2 unspecified atom stereocenters. The monoisotopic (exact) mass is 629 g/mol. The summed E-state index contributed by atoms with van der Waals surface area (Å²) >= 11 is 0. The molecular weight excluding hydrogens is 600 g/mol. The molecule has 0 spiro atoms. The molecule has 5 rings (SSSR count). The number of aliphatic hydroxyl groups excluding tert-OH is 1. The number of alkyl halides is 6. The van der Waals surface area contributed by atoms with Gasteiger partial charge in [-0.05, 0) is 95.6 Å². The average molecular weight is 630 g/mol. The molecule has 0 saturated carbocycles. The summed E-state index contributed by atoms with van der Waals surface area (Å²) in [5.41, 5.74) is 4.38. The van der Waals surface area contributed by atoms with E-state index in [1.807, 2.05) is 25.1 Å². The fourth-order valence-electron chi connectivity index (χ4n) is 6.14. The molecule has 0 aliphatic carbocycles. The van der Waals surface area contributed by atoms with Crippen molar-refractivity contribution in [3.05, 3.63) is 118 Å². The minimum absolute atomic E-state index is 0.0106. The summed E-state index contributed by atoms with van der Waals surface area (Å²) in [5, 5.41) is 19.5. The fourth-order valence-corrected chi connectivity index (χ4v) is 6.14. The van der Waals surface area contributed by atoms with E-state index >= 15 is 0 Å². The number of hydrogen-bond acceptors (Lipinski definition) is 4. The third kappa shape index (κ3) is 6.63. The quantitative estimate of drug-likeness (QED) is 0.195. The molecule has 2 atom stereocenters. The molecule has 2 N–H and O–H groups in total. The van der Waals surface area contributed by atoms with Crippen LogP contribution in [-0.2, 0) is 11.8 Å².